The van der Waals surface area contributed by atoms with Gasteiger partial charge in [0.15, 0.2) is 0 Å². The third-order valence-corrected chi connectivity index (χ3v) is 13.4. The van der Waals surface area contributed by atoms with E-state index in [-0.39, 0.29) is 30.3 Å². The first-order valence-electron chi connectivity index (χ1n) is 18.4. The summed E-state index contributed by atoms with van der Waals surface area (Å²) in [5.74, 6) is -0.115. The van der Waals surface area contributed by atoms with E-state index in [1.54, 1.807) is 11.3 Å². The summed E-state index contributed by atoms with van der Waals surface area (Å²) < 4.78 is 0. The molecule has 2 heterocycles. The molecule has 2 aromatic heterocycles. The first-order chi connectivity index (χ1) is 24.5. The van der Waals surface area contributed by atoms with Gasteiger partial charge in [-0.2, -0.15) is 0 Å². The number of aliphatic hydroxyl groups is 2. The monoisotopic (exact) mass is 724 g/mol. The molecule has 3 aliphatic rings. The van der Waals surface area contributed by atoms with Crippen molar-refractivity contribution in [2.75, 3.05) is 13.1 Å². The number of fused-ring (bicyclic) bond motifs is 8. The summed E-state index contributed by atoms with van der Waals surface area (Å²) in [6.45, 7) is 8.99. The molecule has 7 rings (SSSR count). The number of allylic oxidation sites excluding steroid dienone is 2. The van der Waals surface area contributed by atoms with Gasteiger partial charge in [0.05, 0.1) is 29.2 Å². The minimum atomic E-state index is -1.20. The van der Waals surface area contributed by atoms with Gasteiger partial charge in [-0.1, -0.05) is 67.1 Å². The molecule has 270 valence electrons. The molecule has 0 spiro atoms. The second-order valence-corrected chi connectivity index (χ2v) is 17.3. The number of hydrogen-bond acceptors (Lipinski definition) is 6. The number of carbonyl (C=O) groups is 2. The molecule has 1 saturated carbocycles. The predicted octanol–water partition coefficient (Wildman–Crippen LogP) is 9.40. The van der Waals surface area contributed by atoms with Gasteiger partial charge in [-0.25, -0.2) is 4.79 Å². The number of amides is 2. The second-order valence-electron chi connectivity index (χ2n) is 15.0. The van der Waals surface area contributed by atoms with Gasteiger partial charge in [-0.05, 0) is 124 Å². The smallest absolute Gasteiger partial charge is 0.317 e. The number of aryl methyl sites for hydroxylation is 1. The average Bonchev–Trinajstić information content (AvgIpc) is 3.86. The molecule has 51 heavy (non-hydrogen) atoms. The number of carbonyl (C=O) groups excluding carboxylic acids is 2. The van der Waals surface area contributed by atoms with Crippen LogP contribution >= 0.6 is 22.7 Å². The number of aliphatic hydroxyl groups excluding tert-OH is 1. The van der Waals surface area contributed by atoms with Crippen LogP contribution in [0.2, 0.25) is 0 Å². The van der Waals surface area contributed by atoms with E-state index in [0.29, 0.717) is 55.5 Å². The van der Waals surface area contributed by atoms with Gasteiger partial charge in [0.2, 0.25) is 5.78 Å². The van der Waals surface area contributed by atoms with Crippen LogP contribution in [0.3, 0.4) is 0 Å². The van der Waals surface area contributed by atoms with Crippen LogP contribution in [0.15, 0.2) is 89.8 Å². The van der Waals surface area contributed by atoms with Crippen LogP contribution < -0.4 is 5.32 Å². The van der Waals surface area contributed by atoms with Gasteiger partial charge in [-0.15, -0.1) is 22.7 Å². The number of rotatable bonds is 9. The van der Waals surface area contributed by atoms with Crippen LogP contribution in [0.5, 0.6) is 0 Å². The molecule has 8 heteroatoms. The lowest BCUT2D eigenvalue weighted by Gasteiger charge is -2.46. The first kappa shape index (κ1) is 37.2. The number of thiophene rings is 2. The maximum Gasteiger partial charge on any atom is 0.317 e. The molecule has 0 unspecified atom stereocenters. The van der Waals surface area contributed by atoms with Crippen molar-refractivity contribution >= 4 is 34.5 Å². The van der Waals surface area contributed by atoms with Crippen LogP contribution in [-0.2, 0) is 12.8 Å². The molecule has 3 aliphatic carbocycles. The van der Waals surface area contributed by atoms with Crippen LogP contribution in [-0.4, -0.2) is 51.7 Å². The minimum absolute atomic E-state index is 0.00749. The minimum Gasteiger partial charge on any atom is -0.393 e. The van der Waals surface area contributed by atoms with Crippen LogP contribution in [0.1, 0.15) is 113 Å². The second kappa shape index (κ2) is 16.0. The molecular weight excluding hydrogens is 673 g/mol. The highest BCUT2D eigenvalue weighted by molar-refractivity contribution is 7.14. The Morgan fingerprint density at radius 1 is 1.02 bits per heavy atom. The number of nitrogens with one attached hydrogen (secondary N) is 1. The van der Waals surface area contributed by atoms with E-state index in [1.807, 2.05) is 73.3 Å². The Morgan fingerprint density at radius 2 is 1.82 bits per heavy atom. The third kappa shape index (κ3) is 8.41. The summed E-state index contributed by atoms with van der Waals surface area (Å²) >= 11 is 3.18. The Labute approximate surface area is 311 Å². The Morgan fingerprint density at radius 3 is 2.55 bits per heavy atom. The zero-order valence-electron chi connectivity index (χ0n) is 30.4. The number of hydrogen-bond donors (Lipinski definition) is 3. The standard InChI is InChI=1S/C43H52N2O4S2/c1-29-10-8-22-42(4)38(36-18-16-32(26-34(46)17-14-29)27-37(36)40(47)39-19-15-30(2)51-39)20-23-43(42,49)28-45(24-21-35-13-9-25-50-35)41(48)44-31(3)33-11-6-5-7-12-33/h5-7,9-13,15-16,18-19,25,27,31,34,38,46,49H,8,14,17,20-24,26,28H2,1-4H3,(H,44,48)/t31-,34+,38+,42+,43-/m1/s1. The lowest BCUT2D eigenvalue weighted by atomic mass is 9.64. The van der Waals surface area contributed by atoms with Crippen LogP contribution in [0.25, 0.3) is 0 Å². The fraction of sp³-hybridized carbons (Fsp3) is 0.442. The number of ketones is 1. The van der Waals surface area contributed by atoms with E-state index in [9.17, 15) is 19.8 Å². The van der Waals surface area contributed by atoms with Crippen molar-refractivity contribution in [3.05, 3.63) is 127 Å². The lowest BCUT2D eigenvalue weighted by Crippen LogP contribution is -2.56. The highest BCUT2D eigenvalue weighted by Gasteiger charge is 2.57. The van der Waals surface area contributed by atoms with Gasteiger partial charge < -0.3 is 20.4 Å². The van der Waals surface area contributed by atoms with E-state index in [2.05, 4.69) is 48.8 Å². The molecule has 0 radical (unpaired) electrons. The normalized spacial score (nSPS) is 24.3. The zero-order chi connectivity index (χ0) is 36.2. The lowest BCUT2D eigenvalue weighted by molar-refractivity contribution is -0.0769. The quantitative estimate of drug-likeness (QED) is 0.119. The van der Waals surface area contributed by atoms with Crippen molar-refractivity contribution in [2.45, 2.75) is 103 Å². The zero-order valence-corrected chi connectivity index (χ0v) is 32.0. The topological polar surface area (TPSA) is 89.9 Å². The van der Waals surface area contributed by atoms with Gasteiger partial charge in [0, 0.05) is 27.3 Å². The first-order valence-corrected chi connectivity index (χ1v) is 20.1. The van der Waals surface area contributed by atoms with Gasteiger partial charge in [-0.3, -0.25) is 4.79 Å². The summed E-state index contributed by atoms with van der Waals surface area (Å²) in [6.07, 6.45) is 7.06. The van der Waals surface area contributed by atoms with Gasteiger partial charge >= 0.3 is 6.03 Å². The van der Waals surface area contributed by atoms with Crippen molar-refractivity contribution in [3.63, 3.8) is 0 Å². The average molecular weight is 725 g/mol. The summed E-state index contributed by atoms with van der Waals surface area (Å²) in [5.41, 5.74) is 2.98. The molecule has 0 saturated heterocycles. The van der Waals surface area contributed by atoms with E-state index < -0.39 is 17.1 Å². The Balaban J connectivity index is 1.38. The molecule has 2 bridgehead atoms. The fourth-order valence-corrected chi connectivity index (χ4v) is 9.78. The number of benzene rings is 2. The van der Waals surface area contributed by atoms with Crippen molar-refractivity contribution < 1.29 is 19.8 Å². The predicted molar refractivity (Wildman–Crippen MR) is 209 cm³/mol. The van der Waals surface area contributed by atoms with Crippen LogP contribution in [0, 0.1) is 12.3 Å². The summed E-state index contributed by atoms with van der Waals surface area (Å²) in [6, 6.07) is 23.7. The van der Waals surface area contributed by atoms with Crippen LogP contribution in [0.4, 0.5) is 4.79 Å². The van der Waals surface area contributed by atoms with E-state index in [1.165, 1.54) is 21.8 Å². The van der Waals surface area contributed by atoms with E-state index >= 15 is 0 Å². The molecule has 5 atom stereocenters. The number of nitrogens with zero attached hydrogens (tertiary/aromatic N) is 1. The van der Waals surface area contributed by atoms with E-state index in [0.717, 1.165) is 34.4 Å². The van der Waals surface area contributed by atoms with Crippen molar-refractivity contribution in [1.82, 2.24) is 10.2 Å². The summed E-state index contributed by atoms with van der Waals surface area (Å²) in [7, 11) is 0. The Bertz CT molecular complexity index is 1830. The Kier molecular flexibility index (Phi) is 11.7. The molecule has 0 aliphatic heterocycles. The van der Waals surface area contributed by atoms with E-state index in [4.69, 9.17) is 0 Å². The molecule has 1 fully saturated rings. The SMILES string of the molecule is CC1=CCC[C@@]2(C)[C@@H](CC[C@@]2(O)CN(CCc2cccs2)C(=O)N[C@H](C)c2ccccc2)c2ccc(cc2C(=O)c2ccc(C)s2)C[C@@H](O)CC1. The maximum atomic E-state index is 14.3. The molecule has 6 nitrogen and oxygen atoms in total. The highest BCUT2D eigenvalue weighted by atomic mass is 32.1. The molecule has 3 N–H and O–H groups in total. The fourth-order valence-electron chi connectivity index (χ4n) is 8.26. The molecular formula is C43H52N2O4S2. The molecule has 4 aromatic rings. The summed E-state index contributed by atoms with van der Waals surface area (Å²) in [4.78, 5) is 33.2. The van der Waals surface area contributed by atoms with Gasteiger partial charge in [0.25, 0.3) is 0 Å². The van der Waals surface area contributed by atoms with Crippen molar-refractivity contribution in [1.29, 1.82) is 0 Å². The largest absolute Gasteiger partial charge is 0.393 e. The third-order valence-electron chi connectivity index (χ3n) is 11.5. The van der Waals surface area contributed by atoms with Crippen molar-refractivity contribution in [2.24, 2.45) is 5.41 Å². The maximum absolute atomic E-state index is 14.3. The molecule has 2 aromatic carbocycles. The molecule has 2 amide bonds. The van der Waals surface area contributed by atoms with Gasteiger partial charge in [0.1, 0.15) is 0 Å². The van der Waals surface area contributed by atoms with Crippen molar-refractivity contribution in [3.8, 4) is 0 Å². The highest BCUT2D eigenvalue weighted by Crippen LogP contribution is 2.59. The Hall–Kier alpha value is -3.56. The number of urea groups is 1. The summed E-state index contributed by atoms with van der Waals surface area (Å²) in [5, 5.41) is 29.3.